The predicted molar refractivity (Wildman–Crippen MR) is 128 cm³/mol. The van der Waals surface area contributed by atoms with Crippen LogP contribution in [0, 0.1) is 11.8 Å². The average Bonchev–Trinajstić information content (AvgIpc) is 3.22. The Bertz CT molecular complexity index is 1070. The van der Waals surface area contributed by atoms with E-state index in [1.54, 1.807) is 4.90 Å². The van der Waals surface area contributed by atoms with Crippen molar-refractivity contribution < 1.29 is 24.2 Å². The highest BCUT2D eigenvalue weighted by molar-refractivity contribution is 5.95. The van der Waals surface area contributed by atoms with Gasteiger partial charge in [0.15, 0.2) is 0 Å². The molecule has 4 atom stereocenters. The summed E-state index contributed by atoms with van der Waals surface area (Å²) in [6.07, 6.45) is 7.63. The van der Waals surface area contributed by atoms with E-state index in [1.807, 2.05) is 13.0 Å². The van der Waals surface area contributed by atoms with Crippen LogP contribution in [0.4, 0.5) is 10.5 Å². The summed E-state index contributed by atoms with van der Waals surface area (Å²) in [5.41, 5.74) is 3.97. The molecule has 2 aliphatic heterocycles. The molecule has 3 heterocycles. The van der Waals surface area contributed by atoms with Gasteiger partial charge in [-0.1, -0.05) is 6.42 Å². The summed E-state index contributed by atoms with van der Waals surface area (Å²) in [5, 5.41) is 9.69. The average molecular weight is 470 g/mol. The number of carbonyl (C=O) groups is 2. The zero-order chi connectivity index (χ0) is 23.8. The normalized spacial score (nSPS) is 27.4. The molecule has 34 heavy (non-hydrogen) atoms. The van der Waals surface area contributed by atoms with Crippen LogP contribution < -0.4 is 4.90 Å². The second kappa shape index (κ2) is 9.56. The van der Waals surface area contributed by atoms with Gasteiger partial charge >= 0.3 is 12.1 Å². The minimum Gasteiger partial charge on any atom is -0.481 e. The highest BCUT2D eigenvalue weighted by atomic mass is 16.5. The maximum Gasteiger partial charge on any atom is 0.414 e. The number of nitrogens with zero attached hydrogens (tertiary/aromatic N) is 3. The number of fused-ring (bicyclic) bond motifs is 3. The Hall–Kier alpha value is -2.61. The fourth-order valence-corrected chi connectivity index (χ4v) is 6.22. The third-order valence-corrected chi connectivity index (χ3v) is 7.99. The zero-order valence-corrected chi connectivity index (χ0v) is 20.2. The number of aromatic nitrogens is 2. The van der Waals surface area contributed by atoms with Crippen molar-refractivity contribution in [2.24, 2.45) is 11.8 Å². The number of rotatable bonds is 4. The molecule has 0 unspecified atom stereocenters. The fourth-order valence-electron chi connectivity index (χ4n) is 6.22. The lowest BCUT2D eigenvalue weighted by Crippen LogP contribution is -2.42. The molecular formula is C26H35N3O5. The summed E-state index contributed by atoms with van der Waals surface area (Å²) >= 11 is 0. The number of amides is 1. The van der Waals surface area contributed by atoms with E-state index in [1.165, 1.54) is 7.11 Å². The van der Waals surface area contributed by atoms with Gasteiger partial charge in [0.1, 0.15) is 5.82 Å². The van der Waals surface area contributed by atoms with Crippen molar-refractivity contribution in [3.05, 3.63) is 23.5 Å². The van der Waals surface area contributed by atoms with E-state index in [4.69, 9.17) is 14.5 Å². The van der Waals surface area contributed by atoms with E-state index >= 15 is 0 Å². The molecule has 1 saturated heterocycles. The highest BCUT2D eigenvalue weighted by Gasteiger charge is 2.34. The molecule has 1 aromatic heterocycles. The molecule has 8 heteroatoms. The molecule has 1 aliphatic carbocycles. The molecule has 1 amide bonds. The molecule has 1 saturated carbocycles. The second-order valence-electron chi connectivity index (χ2n) is 10.2. The van der Waals surface area contributed by atoms with Gasteiger partial charge in [-0.2, -0.15) is 0 Å². The molecule has 2 fully saturated rings. The van der Waals surface area contributed by atoms with Crippen LogP contribution in [-0.4, -0.2) is 53.1 Å². The van der Waals surface area contributed by atoms with Crippen molar-refractivity contribution in [1.82, 2.24) is 9.55 Å². The van der Waals surface area contributed by atoms with E-state index in [-0.39, 0.29) is 24.1 Å². The number of ether oxygens (including phenoxy) is 2. The lowest BCUT2D eigenvalue weighted by atomic mass is 9.85. The Morgan fingerprint density at radius 3 is 2.79 bits per heavy atom. The molecule has 8 nitrogen and oxygen atoms in total. The molecule has 3 aliphatic rings. The van der Waals surface area contributed by atoms with Gasteiger partial charge < -0.3 is 19.1 Å². The SMILES string of the molecule is COC(=O)N1c2ccc3c(nc(C[C@@H]4CCCOC4)n3[C@@H]3CCC[C@@H](C(=O)O)C3)c2CC[C@@H]1C. The summed E-state index contributed by atoms with van der Waals surface area (Å²) in [4.78, 5) is 31.3. The summed E-state index contributed by atoms with van der Waals surface area (Å²) in [6.45, 7) is 3.62. The van der Waals surface area contributed by atoms with Gasteiger partial charge in [-0.15, -0.1) is 0 Å². The number of carboxylic acid groups (broad SMARTS) is 1. The fraction of sp³-hybridized carbons (Fsp3) is 0.654. The topological polar surface area (TPSA) is 93.9 Å². The number of hydrogen-bond donors (Lipinski definition) is 1. The van der Waals surface area contributed by atoms with Gasteiger partial charge in [0.25, 0.3) is 0 Å². The summed E-state index contributed by atoms with van der Waals surface area (Å²) in [5.74, 6) is 0.440. The second-order valence-corrected chi connectivity index (χ2v) is 10.2. The number of imidazole rings is 1. The predicted octanol–water partition coefficient (Wildman–Crippen LogP) is 4.73. The Balaban J connectivity index is 1.60. The standard InChI is InChI=1S/C26H35N3O5/c1-16-8-9-20-21(28(16)26(32)33-2)10-11-22-24(20)27-23(13-17-5-4-12-34-15-17)29(22)19-7-3-6-18(14-19)25(30)31/h10-11,16-19H,3-9,12-15H2,1-2H3,(H,30,31)/t16-,17-,18+,19+/m0/s1. The summed E-state index contributed by atoms with van der Waals surface area (Å²) in [7, 11) is 1.42. The highest BCUT2D eigenvalue weighted by Crippen LogP contribution is 2.41. The molecule has 0 spiro atoms. The monoisotopic (exact) mass is 469 g/mol. The first kappa shape index (κ1) is 23.1. The van der Waals surface area contributed by atoms with Crippen LogP contribution in [0.15, 0.2) is 12.1 Å². The Labute approximate surface area is 200 Å². The van der Waals surface area contributed by atoms with Crippen LogP contribution in [0.1, 0.15) is 69.3 Å². The van der Waals surface area contributed by atoms with E-state index in [0.29, 0.717) is 12.3 Å². The van der Waals surface area contributed by atoms with Crippen LogP contribution in [-0.2, 0) is 27.1 Å². The lowest BCUT2D eigenvalue weighted by Gasteiger charge is -2.34. The third-order valence-electron chi connectivity index (χ3n) is 7.99. The van der Waals surface area contributed by atoms with E-state index in [2.05, 4.69) is 10.6 Å². The maximum atomic E-state index is 12.6. The number of anilines is 1. The van der Waals surface area contributed by atoms with Gasteiger partial charge in [-0.25, -0.2) is 9.78 Å². The number of aryl methyl sites for hydroxylation is 1. The van der Waals surface area contributed by atoms with Crippen molar-refractivity contribution in [3.63, 3.8) is 0 Å². The van der Waals surface area contributed by atoms with Crippen molar-refractivity contribution in [2.45, 2.75) is 76.8 Å². The molecular weight excluding hydrogens is 434 g/mol. The molecule has 1 N–H and O–H groups in total. The number of hydrogen-bond acceptors (Lipinski definition) is 5. The Morgan fingerprint density at radius 2 is 2.06 bits per heavy atom. The molecule has 2 aromatic rings. The number of methoxy groups -OCH3 is 1. The summed E-state index contributed by atoms with van der Waals surface area (Å²) in [6, 6.07) is 4.28. The van der Waals surface area contributed by atoms with Crippen molar-refractivity contribution in [3.8, 4) is 0 Å². The molecule has 184 valence electrons. The summed E-state index contributed by atoms with van der Waals surface area (Å²) < 4.78 is 13.2. The first-order valence-electron chi connectivity index (χ1n) is 12.7. The van der Waals surface area contributed by atoms with Gasteiger partial charge in [-0.3, -0.25) is 9.69 Å². The van der Waals surface area contributed by atoms with E-state index in [9.17, 15) is 14.7 Å². The van der Waals surface area contributed by atoms with Crippen LogP contribution in [0.3, 0.4) is 0 Å². The zero-order valence-electron chi connectivity index (χ0n) is 20.2. The number of aliphatic carboxylic acids is 1. The van der Waals surface area contributed by atoms with Crippen LogP contribution >= 0.6 is 0 Å². The van der Waals surface area contributed by atoms with Crippen LogP contribution in [0.25, 0.3) is 11.0 Å². The van der Waals surface area contributed by atoms with E-state index in [0.717, 1.165) is 92.7 Å². The minimum atomic E-state index is -0.698. The van der Waals surface area contributed by atoms with Crippen LogP contribution in [0.2, 0.25) is 0 Å². The van der Waals surface area contributed by atoms with Gasteiger partial charge in [0, 0.05) is 37.3 Å². The molecule has 5 rings (SSSR count). The van der Waals surface area contributed by atoms with Crippen molar-refractivity contribution in [1.29, 1.82) is 0 Å². The van der Waals surface area contributed by atoms with Crippen molar-refractivity contribution >= 4 is 28.8 Å². The number of carboxylic acids is 1. The maximum absolute atomic E-state index is 12.6. The molecule has 0 radical (unpaired) electrons. The largest absolute Gasteiger partial charge is 0.481 e. The van der Waals surface area contributed by atoms with Crippen molar-refractivity contribution in [2.75, 3.05) is 25.2 Å². The Morgan fingerprint density at radius 1 is 1.21 bits per heavy atom. The smallest absolute Gasteiger partial charge is 0.414 e. The first-order valence-corrected chi connectivity index (χ1v) is 12.7. The molecule has 0 bridgehead atoms. The minimum absolute atomic E-state index is 0.0630. The van der Waals surface area contributed by atoms with Gasteiger partial charge in [-0.05, 0) is 69.9 Å². The lowest BCUT2D eigenvalue weighted by molar-refractivity contribution is -0.143. The Kier molecular flexibility index (Phi) is 6.51. The van der Waals surface area contributed by atoms with E-state index < -0.39 is 5.97 Å². The molecule has 1 aromatic carbocycles. The third kappa shape index (κ3) is 4.17. The number of benzene rings is 1. The van der Waals surface area contributed by atoms with Gasteiger partial charge in [0.2, 0.25) is 0 Å². The first-order chi connectivity index (χ1) is 16.5. The van der Waals surface area contributed by atoms with Crippen LogP contribution in [0.5, 0.6) is 0 Å². The van der Waals surface area contributed by atoms with Gasteiger partial charge in [0.05, 0.1) is 29.7 Å². The number of carbonyl (C=O) groups excluding carboxylic acids is 1. The quantitative estimate of drug-likeness (QED) is 0.696.